The Morgan fingerprint density at radius 1 is 1.47 bits per heavy atom. The molecule has 17 heavy (non-hydrogen) atoms. The van der Waals surface area contributed by atoms with Gasteiger partial charge in [0.15, 0.2) is 0 Å². The Labute approximate surface area is 105 Å². The maximum Gasteiger partial charge on any atom is 0.138 e. The highest BCUT2D eigenvalue weighted by atomic mass is 32.1. The van der Waals surface area contributed by atoms with Crippen LogP contribution in [0.3, 0.4) is 0 Å². The van der Waals surface area contributed by atoms with Crippen molar-refractivity contribution in [1.29, 1.82) is 0 Å². The minimum atomic E-state index is 0.347. The zero-order chi connectivity index (χ0) is 12.3. The zero-order valence-electron chi connectivity index (χ0n) is 9.46. The average Bonchev–Trinajstić information content (AvgIpc) is 2.81. The van der Waals surface area contributed by atoms with E-state index in [4.69, 9.17) is 22.4 Å². The minimum absolute atomic E-state index is 0.347. The molecule has 0 atom stereocenters. The summed E-state index contributed by atoms with van der Waals surface area (Å²) < 4.78 is 5.29. The Balaban J connectivity index is 2.24. The number of anilines is 1. The van der Waals surface area contributed by atoms with Crippen LogP contribution in [0.1, 0.15) is 11.3 Å². The van der Waals surface area contributed by atoms with Gasteiger partial charge >= 0.3 is 0 Å². The number of rotatable bonds is 4. The highest BCUT2D eigenvalue weighted by Crippen LogP contribution is 2.18. The monoisotopic (exact) mass is 247 g/mol. The summed E-state index contributed by atoms with van der Waals surface area (Å²) in [7, 11) is 1.92. The van der Waals surface area contributed by atoms with Crippen molar-refractivity contribution in [3.8, 4) is 0 Å². The van der Waals surface area contributed by atoms with Gasteiger partial charge in [0.05, 0.1) is 18.4 Å². The molecule has 0 saturated heterocycles. The van der Waals surface area contributed by atoms with E-state index in [1.807, 2.05) is 36.2 Å². The number of aromatic nitrogens is 1. The molecule has 0 fully saturated rings. The van der Waals surface area contributed by atoms with Crippen LogP contribution in [0.4, 0.5) is 5.82 Å². The Bertz CT molecular complexity index is 510. The predicted molar refractivity (Wildman–Crippen MR) is 70.9 cm³/mol. The van der Waals surface area contributed by atoms with Gasteiger partial charge < -0.3 is 15.1 Å². The highest BCUT2D eigenvalue weighted by Gasteiger charge is 2.11. The van der Waals surface area contributed by atoms with Crippen molar-refractivity contribution in [3.63, 3.8) is 0 Å². The first-order valence-corrected chi connectivity index (χ1v) is 5.57. The molecule has 5 heteroatoms. The summed E-state index contributed by atoms with van der Waals surface area (Å²) >= 11 is 5.00. The van der Waals surface area contributed by atoms with Crippen molar-refractivity contribution < 1.29 is 4.42 Å². The van der Waals surface area contributed by atoms with Gasteiger partial charge in [0.2, 0.25) is 0 Å². The number of nitrogens with zero attached hydrogens (tertiary/aromatic N) is 2. The molecule has 0 saturated carbocycles. The molecule has 0 aliphatic heterocycles. The molecule has 88 valence electrons. The summed E-state index contributed by atoms with van der Waals surface area (Å²) in [6, 6.07) is 7.46. The smallest absolute Gasteiger partial charge is 0.138 e. The fourth-order valence-corrected chi connectivity index (χ4v) is 1.76. The second-order valence-electron chi connectivity index (χ2n) is 3.67. The molecule has 4 nitrogen and oxygen atoms in total. The van der Waals surface area contributed by atoms with Gasteiger partial charge in [-0.05, 0) is 24.3 Å². The topological polar surface area (TPSA) is 55.3 Å². The van der Waals surface area contributed by atoms with Gasteiger partial charge in [0.25, 0.3) is 0 Å². The summed E-state index contributed by atoms with van der Waals surface area (Å²) in [6.07, 6.45) is 3.37. The molecule has 0 aliphatic carbocycles. The second-order valence-corrected chi connectivity index (χ2v) is 4.11. The highest BCUT2D eigenvalue weighted by molar-refractivity contribution is 7.80. The maximum atomic E-state index is 5.67. The average molecular weight is 247 g/mol. The van der Waals surface area contributed by atoms with Crippen molar-refractivity contribution in [2.45, 2.75) is 6.54 Å². The molecule has 2 heterocycles. The SMILES string of the molecule is CN(Cc1ccco1)c1ncccc1C(N)=S. The summed E-state index contributed by atoms with van der Waals surface area (Å²) in [5.41, 5.74) is 6.44. The maximum absolute atomic E-state index is 5.67. The molecule has 2 aromatic heterocycles. The van der Waals surface area contributed by atoms with E-state index < -0.39 is 0 Å². The molecule has 0 aliphatic rings. The molecular formula is C12H13N3OS. The van der Waals surface area contributed by atoms with Gasteiger partial charge in [0, 0.05) is 13.2 Å². The van der Waals surface area contributed by atoms with Crippen molar-refractivity contribution in [2.24, 2.45) is 5.73 Å². The van der Waals surface area contributed by atoms with Crippen LogP contribution in [0.5, 0.6) is 0 Å². The van der Waals surface area contributed by atoms with E-state index in [-0.39, 0.29) is 0 Å². The first-order chi connectivity index (χ1) is 8.18. The molecule has 0 spiro atoms. The summed E-state index contributed by atoms with van der Waals surface area (Å²) in [6.45, 7) is 0.625. The molecule has 0 radical (unpaired) electrons. The Morgan fingerprint density at radius 3 is 2.94 bits per heavy atom. The standard InChI is InChI=1S/C12H13N3OS/c1-15(8-9-4-3-7-16-9)12-10(11(13)17)5-2-6-14-12/h2-7H,8H2,1H3,(H2,13,17). The summed E-state index contributed by atoms with van der Waals surface area (Å²) in [5, 5.41) is 0. The predicted octanol–water partition coefficient (Wildman–Crippen LogP) is 1.95. The Morgan fingerprint density at radius 2 is 2.29 bits per heavy atom. The lowest BCUT2D eigenvalue weighted by Gasteiger charge is -2.19. The minimum Gasteiger partial charge on any atom is -0.467 e. The second kappa shape index (κ2) is 4.97. The molecule has 0 unspecified atom stereocenters. The van der Waals surface area contributed by atoms with E-state index >= 15 is 0 Å². The van der Waals surface area contributed by atoms with Crippen LogP contribution in [0, 0.1) is 0 Å². The first-order valence-electron chi connectivity index (χ1n) is 5.17. The fourth-order valence-electron chi connectivity index (χ4n) is 1.60. The van der Waals surface area contributed by atoms with Gasteiger partial charge in [-0.3, -0.25) is 0 Å². The summed E-state index contributed by atoms with van der Waals surface area (Å²) in [4.78, 5) is 6.60. The molecule has 0 amide bonds. The lowest BCUT2D eigenvalue weighted by Crippen LogP contribution is -2.22. The fraction of sp³-hybridized carbons (Fsp3) is 0.167. The van der Waals surface area contributed by atoms with Crippen LogP contribution in [0.2, 0.25) is 0 Å². The van der Waals surface area contributed by atoms with E-state index in [0.29, 0.717) is 11.5 Å². The third kappa shape index (κ3) is 2.62. The first kappa shape index (κ1) is 11.6. The molecule has 2 rings (SSSR count). The van der Waals surface area contributed by atoms with E-state index in [0.717, 1.165) is 17.1 Å². The van der Waals surface area contributed by atoms with Gasteiger partial charge in [0.1, 0.15) is 16.6 Å². The third-order valence-electron chi connectivity index (χ3n) is 2.39. The van der Waals surface area contributed by atoms with Gasteiger partial charge in [-0.1, -0.05) is 12.2 Å². The van der Waals surface area contributed by atoms with Crippen LogP contribution in [0.15, 0.2) is 41.1 Å². The normalized spacial score (nSPS) is 10.2. The number of hydrogen-bond donors (Lipinski definition) is 1. The van der Waals surface area contributed by atoms with Crippen molar-refractivity contribution >= 4 is 23.0 Å². The van der Waals surface area contributed by atoms with Crippen LogP contribution in [0.25, 0.3) is 0 Å². The number of furan rings is 1. The molecular weight excluding hydrogens is 234 g/mol. The molecule has 0 bridgehead atoms. The Hall–Kier alpha value is -1.88. The van der Waals surface area contributed by atoms with E-state index in [9.17, 15) is 0 Å². The zero-order valence-corrected chi connectivity index (χ0v) is 10.3. The van der Waals surface area contributed by atoms with Gasteiger partial charge in [-0.15, -0.1) is 0 Å². The lowest BCUT2D eigenvalue weighted by molar-refractivity contribution is 0.507. The summed E-state index contributed by atoms with van der Waals surface area (Å²) in [5.74, 6) is 1.63. The molecule has 2 N–H and O–H groups in total. The largest absolute Gasteiger partial charge is 0.467 e. The van der Waals surface area contributed by atoms with E-state index in [1.165, 1.54) is 0 Å². The molecule has 0 aromatic carbocycles. The van der Waals surface area contributed by atoms with E-state index in [2.05, 4.69) is 4.98 Å². The number of pyridine rings is 1. The molecule has 2 aromatic rings. The quantitative estimate of drug-likeness (QED) is 0.837. The van der Waals surface area contributed by atoms with Crippen LogP contribution in [-0.4, -0.2) is 17.0 Å². The van der Waals surface area contributed by atoms with Crippen molar-refractivity contribution in [2.75, 3.05) is 11.9 Å². The van der Waals surface area contributed by atoms with Crippen LogP contribution >= 0.6 is 12.2 Å². The van der Waals surface area contributed by atoms with Crippen LogP contribution in [-0.2, 0) is 6.54 Å². The third-order valence-corrected chi connectivity index (χ3v) is 2.61. The van der Waals surface area contributed by atoms with Gasteiger partial charge in [-0.25, -0.2) is 4.98 Å². The van der Waals surface area contributed by atoms with E-state index in [1.54, 1.807) is 12.5 Å². The van der Waals surface area contributed by atoms with Crippen molar-refractivity contribution in [3.05, 3.63) is 48.0 Å². The van der Waals surface area contributed by atoms with Crippen molar-refractivity contribution in [1.82, 2.24) is 4.98 Å². The van der Waals surface area contributed by atoms with Gasteiger partial charge in [-0.2, -0.15) is 0 Å². The number of thiocarbonyl (C=S) groups is 1. The van der Waals surface area contributed by atoms with Crippen LogP contribution < -0.4 is 10.6 Å². The number of hydrogen-bond acceptors (Lipinski definition) is 4. The number of nitrogens with two attached hydrogens (primary N) is 1. The lowest BCUT2D eigenvalue weighted by atomic mass is 10.2. The Kier molecular flexibility index (Phi) is 3.39.